The summed E-state index contributed by atoms with van der Waals surface area (Å²) in [7, 11) is -0.346. The molecule has 0 saturated heterocycles. The maximum Gasteiger partial charge on any atom is 0.258 e. The van der Waals surface area contributed by atoms with Crippen molar-refractivity contribution in [2.75, 3.05) is 32.1 Å². The van der Waals surface area contributed by atoms with Gasteiger partial charge < -0.3 is 24.6 Å². The lowest BCUT2D eigenvalue weighted by Crippen LogP contribution is -2.50. The summed E-state index contributed by atoms with van der Waals surface area (Å²) in [5.74, 6) is -0.574. The van der Waals surface area contributed by atoms with Crippen LogP contribution in [-0.4, -0.2) is 78.0 Å². The molecule has 1 aliphatic heterocycles. The molecule has 11 heteroatoms. The fraction of sp³-hybridized carbons (Fsp3) is 0.353. The monoisotopic (exact) mass is 632 g/mol. The second-order valence-electron chi connectivity index (χ2n) is 11.9. The van der Waals surface area contributed by atoms with Crippen molar-refractivity contribution in [1.82, 2.24) is 13.8 Å². The molecule has 2 amide bonds. The third kappa shape index (κ3) is 6.75. The first-order chi connectivity index (χ1) is 21.4. The van der Waals surface area contributed by atoms with Crippen molar-refractivity contribution in [3.63, 3.8) is 0 Å². The van der Waals surface area contributed by atoms with Crippen LogP contribution in [0.3, 0.4) is 0 Å². The number of aliphatic hydroxyl groups is 1. The normalized spacial score (nSPS) is 17.8. The molecule has 0 radical (unpaired) electrons. The molecule has 1 aromatic heterocycles. The zero-order chi connectivity index (χ0) is 32.5. The number of para-hydroxylation sites is 1. The van der Waals surface area contributed by atoms with Crippen LogP contribution >= 0.6 is 0 Å². The number of nitrogens with zero attached hydrogens (tertiary/aromatic N) is 3. The maximum absolute atomic E-state index is 13.8. The van der Waals surface area contributed by atoms with Crippen LogP contribution in [0.4, 0.5) is 5.69 Å². The molecule has 238 valence electrons. The number of benzene rings is 3. The highest BCUT2D eigenvalue weighted by Gasteiger charge is 2.35. The minimum Gasteiger partial charge on any atom is -0.488 e. The Morgan fingerprint density at radius 3 is 2.56 bits per heavy atom. The number of rotatable bonds is 9. The van der Waals surface area contributed by atoms with Gasteiger partial charge in [0, 0.05) is 49.3 Å². The number of fused-ring (bicyclic) bond motifs is 2. The van der Waals surface area contributed by atoms with E-state index in [1.807, 2.05) is 55.9 Å². The van der Waals surface area contributed by atoms with E-state index in [1.165, 1.54) is 11.4 Å². The van der Waals surface area contributed by atoms with Crippen LogP contribution in [-0.2, 0) is 28.3 Å². The predicted octanol–water partition coefficient (Wildman–Crippen LogP) is 4.21. The summed E-state index contributed by atoms with van der Waals surface area (Å²) in [6, 6.07) is 18.9. The zero-order valence-electron chi connectivity index (χ0n) is 26.2. The first kappa shape index (κ1) is 32.2. The first-order valence-electron chi connectivity index (χ1n) is 15.0. The van der Waals surface area contributed by atoms with E-state index in [0.29, 0.717) is 5.69 Å². The average molecular weight is 633 g/mol. The number of ether oxygens (including phenoxy) is 1. The van der Waals surface area contributed by atoms with Gasteiger partial charge in [-0.3, -0.25) is 9.59 Å². The Morgan fingerprint density at radius 1 is 1.13 bits per heavy atom. The molecule has 3 atom stereocenters. The van der Waals surface area contributed by atoms with Gasteiger partial charge in [-0.2, -0.15) is 4.31 Å². The number of aryl methyl sites for hydroxylation is 2. The summed E-state index contributed by atoms with van der Waals surface area (Å²) in [4.78, 5) is 28.7. The number of carbonyl (C=O) groups is 2. The van der Waals surface area contributed by atoms with E-state index in [2.05, 4.69) is 5.32 Å². The van der Waals surface area contributed by atoms with Crippen molar-refractivity contribution in [3.8, 4) is 5.75 Å². The van der Waals surface area contributed by atoms with Crippen molar-refractivity contribution < 1.29 is 27.9 Å². The third-order valence-corrected chi connectivity index (χ3v) is 10.3. The number of carbonyl (C=O) groups excluding carboxylic acids is 2. The summed E-state index contributed by atoms with van der Waals surface area (Å²) in [5, 5.41) is 13.9. The quantitative estimate of drug-likeness (QED) is 0.285. The lowest BCUT2D eigenvalue weighted by molar-refractivity contribution is -0.115. The second kappa shape index (κ2) is 13.0. The van der Waals surface area contributed by atoms with E-state index < -0.39 is 22.2 Å². The number of hydrogen-bond donors (Lipinski definition) is 2. The maximum atomic E-state index is 13.8. The van der Waals surface area contributed by atoms with E-state index in [-0.39, 0.29) is 60.1 Å². The van der Waals surface area contributed by atoms with Gasteiger partial charge in [0.25, 0.3) is 5.91 Å². The highest BCUT2D eigenvalue weighted by atomic mass is 32.2. The minimum atomic E-state index is -3.80. The largest absolute Gasteiger partial charge is 0.488 e. The highest BCUT2D eigenvalue weighted by molar-refractivity contribution is 7.89. The Labute approximate surface area is 264 Å². The van der Waals surface area contributed by atoms with Crippen LogP contribution in [0.1, 0.15) is 35.3 Å². The lowest BCUT2D eigenvalue weighted by Gasteiger charge is -2.38. The fourth-order valence-electron chi connectivity index (χ4n) is 5.70. The van der Waals surface area contributed by atoms with Crippen molar-refractivity contribution >= 4 is 38.4 Å². The highest BCUT2D eigenvalue weighted by Crippen LogP contribution is 2.31. The van der Waals surface area contributed by atoms with Crippen molar-refractivity contribution in [1.29, 1.82) is 0 Å². The summed E-state index contributed by atoms with van der Waals surface area (Å²) in [5.41, 5.74) is 3.53. The van der Waals surface area contributed by atoms with Crippen LogP contribution in [0.5, 0.6) is 5.75 Å². The van der Waals surface area contributed by atoms with E-state index in [1.54, 1.807) is 54.3 Å². The number of sulfonamides is 1. The Kier molecular flexibility index (Phi) is 9.33. The van der Waals surface area contributed by atoms with Crippen LogP contribution in [0.25, 0.3) is 10.9 Å². The molecule has 0 fully saturated rings. The van der Waals surface area contributed by atoms with Crippen molar-refractivity contribution in [2.45, 2.75) is 44.2 Å². The molecule has 2 N–H and O–H groups in total. The van der Waals surface area contributed by atoms with Gasteiger partial charge in [0.15, 0.2) is 0 Å². The Morgan fingerprint density at radius 2 is 1.84 bits per heavy atom. The van der Waals surface area contributed by atoms with Crippen LogP contribution in [0.15, 0.2) is 77.8 Å². The third-order valence-electron chi connectivity index (χ3n) is 8.45. The molecule has 2 heterocycles. The van der Waals surface area contributed by atoms with Crippen LogP contribution in [0, 0.1) is 12.8 Å². The number of nitrogens with one attached hydrogen (secondary N) is 1. The topological polar surface area (TPSA) is 121 Å². The molecule has 3 aromatic carbocycles. The molecule has 0 spiro atoms. The standard InChI is InChI=1S/C34H40N4O6S/c1-22-10-13-27(14-11-22)45(42,43)37(5)20-32-23(2)18-38(24(3)21-39)34(41)29-17-26(12-15-31(29)44-32)35-33(40)16-25-19-36(4)30-9-7-6-8-28(25)30/h6-15,17,19,23-24,32,39H,16,18,20-21H2,1-5H3,(H,35,40)/t23-,24-,32+/m0/s1. The SMILES string of the molecule is Cc1ccc(S(=O)(=O)N(C)C[C@H]2Oc3ccc(NC(=O)Cc4cn(C)c5ccccc45)cc3C(=O)N([C@@H](C)CO)C[C@@H]2C)cc1. The molecule has 45 heavy (non-hydrogen) atoms. The van der Waals surface area contributed by atoms with Gasteiger partial charge in [-0.15, -0.1) is 0 Å². The van der Waals surface area contributed by atoms with Crippen LogP contribution in [0.2, 0.25) is 0 Å². The van der Waals surface area contributed by atoms with Gasteiger partial charge in [-0.05, 0) is 55.8 Å². The first-order valence-corrected chi connectivity index (χ1v) is 16.4. The number of likely N-dealkylation sites (N-methyl/N-ethyl adjacent to an activating group) is 1. The van der Waals surface area contributed by atoms with Gasteiger partial charge in [-0.25, -0.2) is 8.42 Å². The average Bonchev–Trinajstić information content (AvgIpc) is 3.33. The van der Waals surface area contributed by atoms with Gasteiger partial charge in [0.05, 0.1) is 36.1 Å². The van der Waals surface area contributed by atoms with E-state index in [9.17, 15) is 23.1 Å². The number of aliphatic hydroxyl groups excluding tert-OH is 1. The van der Waals surface area contributed by atoms with Crippen molar-refractivity contribution in [2.24, 2.45) is 13.0 Å². The summed E-state index contributed by atoms with van der Waals surface area (Å²) in [6.45, 7) is 5.57. The number of hydrogen-bond acceptors (Lipinski definition) is 6. The van der Waals surface area contributed by atoms with E-state index in [0.717, 1.165) is 22.0 Å². The van der Waals surface area contributed by atoms with Crippen molar-refractivity contribution in [3.05, 3.63) is 89.6 Å². The van der Waals surface area contributed by atoms with Gasteiger partial charge in [-0.1, -0.05) is 42.8 Å². The van der Waals surface area contributed by atoms with Gasteiger partial charge in [0.2, 0.25) is 15.9 Å². The van der Waals surface area contributed by atoms with Gasteiger partial charge >= 0.3 is 0 Å². The molecule has 0 unspecified atom stereocenters. The molecule has 1 aliphatic rings. The lowest BCUT2D eigenvalue weighted by atomic mass is 9.99. The Hall–Kier alpha value is -4.19. The molecule has 10 nitrogen and oxygen atoms in total. The Bertz CT molecular complexity index is 1820. The molecular formula is C34H40N4O6S. The second-order valence-corrected chi connectivity index (χ2v) is 14.0. The molecular weight excluding hydrogens is 592 g/mol. The molecule has 4 aromatic rings. The summed E-state index contributed by atoms with van der Waals surface area (Å²) < 4.78 is 36.4. The smallest absolute Gasteiger partial charge is 0.258 e. The summed E-state index contributed by atoms with van der Waals surface area (Å²) in [6.07, 6.45) is 1.48. The van der Waals surface area contributed by atoms with E-state index in [4.69, 9.17) is 4.74 Å². The molecule has 5 rings (SSSR count). The van der Waals surface area contributed by atoms with Gasteiger partial charge in [0.1, 0.15) is 11.9 Å². The molecule has 0 aliphatic carbocycles. The minimum absolute atomic E-state index is 0.0376. The number of amides is 2. The van der Waals surface area contributed by atoms with Crippen LogP contribution < -0.4 is 10.1 Å². The predicted molar refractivity (Wildman–Crippen MR) is 174 cm³/mol. The number of anilines is 1. The molecule has 0 saturated carbocycles. The zero-order valence-corrected chi connectivity index (χ0v) is 27.0. The Balaban J connectivity index is 1.41. The molecule has 0 bridgehead atoms. The van der Waals surface area contributed by atoms with E-state index >= 15 is 0 Å². The fourth-order valence-corrected chi connectivity index (χ4v) is 6.89. The summed E-state index contributed by atoms with van der Waals surface area (Å²) >= 11 is 0. The number of aromatic nitrogens is 1.